The van der Waals surface area contributed by atoms with Crippen molar-refractivity contribution in [2.75, 3.05) is 52.5 Å². The summed E-state index contributed by atoms with van der Waals surface area (Å²) in [6.07, 6.45) is 1.45. The van der Waals surface area contributed by atoms with Crippen molar-refractivity contribution >= 4 is 29.2 Å². The van der Waals surface area contributed by atoms with Crippen LogP contribution in [0.5, 0.6) is 0 Å². The van der Waals surface area contributed by atoms with Crippen LogP contribution in [0.3, 0.4) is 0 Å². The van der Waals surface area contributed by atoms with E-state index in [2.05, 4.69) is 20.5 Å². The number of guanidine groups is 1. The van der Waals surface area contributed by atoms with E-state index in [0.29, 0.717) is 21.6 Å². The van der Waals surface area contributed by atoms with Crippen LogP contribution in [-0.2, 0) is 4.74 Å². The van der Waals surface area contributed by atoms with Gasteiger partial charge in [-0.05, 0) is 50.1 Å². The Bertz CT molecular complexity index is 575. The molecule has 0 radical (unpaired) electrons. The second kappa shape index (κ2) is 12.4. The average molecular weight is 417 g/mol. The lowest BCUT2D eigenvalue weighted by Gasteiger charge is -2.26. The van der Waals surface area contributed by atoms with Gasteiger partial charge in [0.2, 0.25) is 0 Å². The van der Waals surface area contributed by atoms with Gasteiger partial charge in [-0.3, -0.25) is 9.89 Å². The topological polar surface area (TPSA) is 69.1 Å². The molecule has 0 amide bonds. The Labute approximate surface area is 171 Å². The zero-order chi connectivity index (χ0) is 19.5. The maximum atomic E-state index is 10.3. The fraction of sp³-hybridized carbons (Fsp3) is 0.632. The summed E-state index contributed by atoms with van der Waals surface area (Å²) in [5.41, 5.74) is 0.664. The molecule has 6 nitrogen and oxygen atoms in total. The molecule has 1 aliphatic rings. The minimum absolute atomic E-state index is 0.236. The number of rotatable bonds is 9. The monoisotopic (exact) mass is 416 g/mol. The number of aliphatic hydroxyl groups is 1. The Morgan fingerprint density at radius 1 is 1.19 bits per heavy atom. The van der Waals surface area contributed by atoms with Gasteiger partial charge in [-0.1, -0.05) is 23.2 Å². The molecule has 1 fully saturated rings. The summed E-state index contributed by atoms with van der Waals surface area (Å²) < 4.78 is 5.36. The van der Waals surface area contributed by atoms with Crippen LogP contribution in [0.4, 0.5) is 0 Å². The van der Waals surface area contributed by atoms with Crippen LogP contribution in [0.2, 0.25) is 10.0 Å². The molecule has 0 bridgehead atoms. The Morgan fingerprint density at radius 2 is 1.89 bits per heavy atom. The van der Waals surface area contributed by atoms with E-state index in [9.17, 15) is 5.11 Å². The van der Waals surface area contributed by atoms with E-state index in [-0.39, 0.29) is 6.54 Å². The van der Waals surface area contributed by atoms with Crippen LogP contribution < -0.4 is 10.6 Å². The lowest BCUT2D eigenvalue weighted by Crippen LogP contribution is -2.39. The van der Waals surface area contributed by atoms with Gasteiger partial charge in [0.05, 0.1) is 25.9 Å². The second-order valence-corrected chi connectivity index (χ2v) is 7.40. The predicted octanol–water partition coefficient (Wildman–Crippen LogP) is 2.69. The Kier molecular flexibility index (Phi) is 10.2. The molecule has 1 aliphatic heterocycles. The van der Waals surface area contributed by atoms with E-state index in [1.165, 1.54) is 0 Å². The van der Waals surface area contributed by atoms with Gasteiger partial charge in [-0.25, -0.2) is 0 Å². The Morgan fingerprint density at radius 3 is 2.56 bits per heavy atom. The highest BCUT2D eigenvalue weighted by Crippen LogP contribution is 2.23. The third-order valence-corrected chi connectivity index (χ3v) is 4.77. The van der Waals surface area contributed by atoms with Crippen LogP contribution in [0.1, 0.15) is 31.4 Å². The molecule has 0 saturated carbocycles. The third kappa shape index (κ3) is 8.66. The average Bonchev–Trinajstić information content (AvgIpc) is 2.65. The summed E-state index contributed by atoms with van der Waals surface area (Å²) in [6.45, 7) is 8.71. The number of morpholine rings is 1. The first-order chi connectivity index (χ1) is 13.1. The predicted molar refractivity (Wildman–Crippen MR) is 112 cm³/mol. The molecule has 1 atom stereocenters. The number of unbranched alkanes of at least 4 members (excludes halogenated alkanes) is 1. The largest absolute Gasteiger partial charge is 0.386 e. The third-order valence-electron chi connectivity index (χ3n) is 4.33. The summed E-state index contributed by atoms with van der Waals surface area (Å²) >= 11 is 12.0. The minimum atomic E-state index is -0.752. The second-order valence-electron chi connectivity index (χ2n) is 6.53. The van der Waals surface area contributed by atoms with Crippen molar-refractivity contribution in [3.8, 4) is 0 Å². The van der Waals surface area contributed by atoms with E-state index in [1.807, 2.05) is 6.92 Å². The summed E-state index contributed by atoms with van der Waals surface area (Å²) in [5, 5.41) is 17.9. The number of nitrogens with zero attached hydrogens (tertiary/aromatic N) is 2. The highest BCUT2D eigenvalue weighted by atomic mass is 35.5. The number of nitrogens with one attached hydrogen (secondary N) is 2. The molecule has 0 aliphatic carbocycles. The van der Waals surface area contributed by atoms with Crippen molar-refractivity contribution in [2.24, 2.45) is 4.99 Å². The number of aliphatic imine (C=N–C) groups is 1. The molecule has 3 N–H and O–H groups in total. The van der Waals surface area contributed by atoms with Crippen molar-refractivity contribution in [1.82, 2.24) is 15.5 Å². The normalized spacial score (nSPS) is 17.0. The van der Waals surface area contributed by atoms with Crippen LogP contribution in [0.15, 0.2) is 23.2 Å². The number of halogens is 2. The first kappa shape index (κ1) is 22.2. The molecule has 8 heteroatoms. The van der Waals surface area contributed by atoms with Crippen molar-refractivity contribution in [3.63, 3.8) is 0 Å². The molecule has 0 spiro atoms. The first-order valence-electron chi connectivity index (χ1n) is 9.55. The van der Waals surface area contributed by atoms with Crippen molar-refractivity contribution < 1.29 is 9.84 Å². The lowest BCUT2D eigenvalue weighted by atomic mass is 10.1. The number of ether oxygens (including phenoxy) is 1. The number of benzene rings is 1. The molecule has 1 unspecified atom stereocenters. The van der Waals surface area contributed by atoms with Gasteiger partial charge in [-0.15, -0.1) is 0 Å². The van der Waals surface area contributed by atoms with E-state index < -0.39 is 6.10 Å². The quantitative estimate of drug-likeness (QED) is 0.328. The first-order valence-corrected chi connectivity index (χ1v) is 10.3. The summed E-state index contributed by atoms with van der Waals surface area (Å²) in [4.78, 5) is 6.91. The zero-order valence-corrected chi connectivity index (χ0v) is 17.4. The van der Waals surface area contributed by atoms with Crippen molar-refractivity contribution in [3.05, 3.63) is 33.8 Å². The molecular formula is C19H30Cl2N4O2. The van der Waals surface area contributed by atoms with E-state index in [0.717, 1.165) is 58.8 Å². The molecule has 0 aromatic heterocycles. The smallest absolute Gasteiger partial charge is 0.191 e. The molecule has 1 saturated heterocycles. The Hall–Kier alpha value is -1.05. The fourth-order valence-electron chi connectivity index (χ4n) is 2.88. The van der Waals surface area contributed by atoms with E-state index >= 15 is 0 Å². The van der Waals surface area contributed by atoms with Crippen LogP contribution >= 0.6 is 23.2 Å². The summed E-state index contributed by atoms with van der Waals surface area (Å²) in [7, 11) is 0. The van der Waals surface area contributed by atoms with Gasteiger partial charge < -0.3 is 20.5 Å². The maximum Gasteiger partial charge on any atom is 0.191 e. The number of hydrogen-bond donors (Lipinski definition) is 3. The SMILES string of the molecule is CCNC(=NCC(O)c1cc(Cl)cc(Cl)c1)NCCCCN1CCOCC1. The molecule has 1 aromatic rings. The summed E-state index contributed by atoms with van der Waals surface area (Å²) in [5.74, 6) is 0.705. The molecule has 1 heterocycles. The van der Waals surface area contributed by atoms with Gasteiger partial charge in [0, 0.05) is 36.2 Å². The summed E-state index contributed by atoms with van der Waals surface area (Å²) in [6, 6.07) is 5.06. The maximum absolute atomic E-state index is 10.3. The van der Waals surface area contributed by atoms with Crippen LogP contribution in [0.25, 0.3) is 0 Å². The number of hydrogen-bond acceptors (Lipinski definition) is 4. The van der Waals surface area contributed by atoms with Crippen molar-refractivity contribution in [2.45, 2.75) is 25.9 Å². The Balaban J connectivity index is 1.73. The molecule has 2 rings (SSSR count). The highest BCUT2D eigenvalue weighted by molar-refractivity contribution is 6.34. The molecule has 1 aromatic carbocycles. The van der Waals surface area contributed by atoms with E-state index in [4.69, 9.17) is 27.9 Å². The fourth-order valence-corrected chi connectivity index (χ4v) is 3.43. The molecular weight excluding hydrogens is 387 g/mol. The van der Waals surface area contributed by atoms with Gasteiger partial charge in [0.15, 0.2) is 5.96 Å². The van der Waals surface area contributed by atoms with Crippen molar-refractivity contribution in [1.29, 1.82) is 0 Å². The standard InChI is InChI=1S/C19H30Cl2N4O2/c1-2-22-19(23-5-3-4-6-25-7-9-27-10-8-25)24-14-18(26)15-11-16(20)13-17(21)12-15/h11-13,18,26H,2-10,14H2,1H3,(H2,22,23,24). The minimum Gasteiger partial charge on any atom is -0.386 e. The number of aliphatic hydroxyl groups excluding tert-OH is 1. The lowest BCUT2D eigenvalue weighted by molar-refractivity contribution is 0.0372. The zero-order valence-electron chi connectivity index (χ0n) is 15.9. The van der Waals surface area contributed by atoms with E-state index in [1.54, 1.807) is 18.2 Å². The van der Waals surface area contributed by atoms with Gasteiger partial charge >= 0.3 is 0 Å². The highest BCUT2D eigenvalue weighted by Gasteiger charge is 2.11. The molecule has 152 valence electrons. The van der Waals surface area contributed by atoms with Gasteiger partial charge in [0.25, 0.3) is 0 Å². The molecule has 27 heavy (non-hydrogen) atoms. The van der Waals surface area contributed by atoms with Crippen LogP contribution in [0, 0.1) is 0 Å². The van der Waals surface area contributed by atoms with Gasteiger partial charge in [0.1, 0.15) is 0 Å². The van der Waals surface area contributed by atoms with Crippen LogP contribution in [-0.4, -0.2) is 68.4 Å². The van der Waals surface area contributed by atoms with Gasteiger partial charge in [-0.2, -0.15) is 0 Å².